The van der Waals surface area contributed by atoms with E-state index in [1.165, 1.54) is 40.2 Å². The summed E-state index contributed by atoms with van der Waals surface area (Å²) in [5, 5.41) is 8.80. The molecule has 4 aromatic rings. The van der Waals surface area contributed by atoms with Gasteiger partial charge < -0.3 is 9.47 Å². The van der Waals surface area contributed by atoms with Gasteiger partial charge in [0.1, 0.15) is 11.0 Å². The van der Waals surface area contributed by atoms with E-state index in [0.29, 0.717) is 29.1 Å². The van der Waals surface area contributed by atoms with E-state index in [9.17, 15) is 4.79 Å². The minimum Gasteiger partial charge on any atom is -0.479 e. The summed E-state index contributed by atoms with van der Waals surface area (Å²) in [6.45, 7) is 4.16. The van der Waals surface area contributed by atoms with Crippen LogP contribution in [-0.2, 0) is 17.6 Å². The zero-order valence-corrected chi connectivity index (χ0v) is 19.8. The highest BCUT2D eigenvalue weighted by Crippen LogP contribution is 2.31. The van der Waals surface area contributed by atoms with E-state index in [-0.39, 0.29) is 25.5 Å². The van der Waals surface area contributed by atoms with Crippen molar-refractivity contribution in [1.82, 2.24) is 29.5 Å². The van der Waals surface area contributed by atoms with Crippen LogP contribution in [0.2, 0.25) is 0 Å². The van der Waals surface area contributed by atoms with Gasteiger partial charge in [-0.25, -0.2) is 14.5 Å². The molecular formula is C23H26N6O3S. The van der Waals surface area contributed by atoms with E-state index in [1.807, 2.05) is 4.68 Å². The van der Waals surface area contributed by atoms with Crippen LogP contribution in [0.25, 0.3) is 17.0 Å². The summed E-state index contributed by atoms with van der Waals surface area (Å²) in [7, 11) is 1.57. The first-order chi connectivity index (χ1) is 15.6. The highest BCUT2D eigenvalue weighted by Gasteiger charge is 2.21. The summed E-state index contributed by atoms with van der Waals surface area (Å²) in [6, 6.07) is 6.67. The van der Waals surface area contributed by atoms with Gasteiger partial charge in [0.25, 0.3) is 5.95 Å². The highest BCUT2D eigenvalue weighted by atomic mass is 32.1. The Balaban J connectivity index is 0.00000259. The molecule has 0 saturated carbocycles. The summed E-state index contributed by atoms with van der Waals surface area (Å²) >= 11 is 0. The van der Waals surface area contributed by atoms with Crippen LogP contribution in [0.1, 0.15) is 53.4 Å². The number of ether oxygens (including phenoxy) is 2. The van der Waals surface area contributed by atoms with Crippen LogP contribution in [0.15, 0.2) is 36.8 Å². The number of hydrogen-bond acceptors (Lipinski definition) is 7. The Morgan fingerprint density at radius 1 is 1.15 bits per heavy atom. The Bertz CT molecular complexity index is 1320. The van der Waals surface area contributed by atoms with Crippen molar-refractivity contribution in [2.24, 2.45) is 0 Å². The van der Waals surface area contributed by atoms with E-state index in [2.05, 4.69) is 45.3 Å². The lowest BCUT2D eigenvalue weighted by Crippen LogP contribution is -2.11. The number of aryl methyl sites for hydroxylation is 2. The zero-order chi connectivity index (χ0) is 22.2. The summed E-state index contributed by atoms with van der Waals surface area (Å²) in [5.74, 6) is 0.237. The fraction of sp³-hybridized carbons (Fsp3) is 0.348. The first kappa shape index (κ1) is 22.8. The van der Waals surface area contributed by atoms with Gasteiger partial charge in [-0.2, -0.15) is 28.7 Å². The second kappa shape index (κ2) is 9.22. The second-order valence-electron chi connectivity index (χ2n) is 7.81. The Hall–Kier alpha value is -3.40. The molecule has 172 valence electrons. The molecule has 0 bridgehead atoms. The third kappa shape index (κ3) is 4.06. The number of hydrogen-bond donors (Lipinski definition) is 0. The summed E-state index contributed by atoms with van der Waals surface area (Å²) in [4.78, 5) is 21.1. The van der Waals surface area contributed by atoms with Crippen molar-refractivity contribution >= 4 is 30.5 Å². The second-order valence-corrected chi connectivity index (χ2v) is 7.81. The van der Waals surface area contributed by atoms with E-state index in [0.717, 1.165) is 12.8 Å². The molecule has 5 rings (SSSR count). The average Bonchev–Trinajstić information content (AvgIpc) is 3.56. The number of aromatic nitrogens is 6. The van der Waals surface area contributed by atoms with Gasteiger partial charge in [0.05, 0.1) is 37.7 Å². The predicted octanol–water partition coefficient (Wildman–Crippen LogP) is 3.41. The molecule has 0 fully saturated rings. The first-order valence-corrected chi connectivity index (χ1v) is 10.7. The van der Waals surface area contributed by atoms with Crippen LogP contribution in [0, 0.1) is 0 Å². The SMILES string of the molecule is CCOC(=O)c1cnn(-c2nc(OC)c3c(cnn3[C@@H](C)c3ccc4c(c3)CCC4)n2)c1.S. The van der Waals surface area contributed by atoms with Gasteiger partial charge in [-0.1, -0.05) is 18.2 Å². The molecule has 3 heterocycles. The van der Waals surface area contributed by atoms with Crippen LogP contribution in [0.4, 0.5) is 0 Å². The maximum Gasteiger partial charge on any atom is 0.341 e. The quantitative estimate of drug-likeness (QED) is 0.402. The summed E-state index contributed by atoms with van der Waals surface area (Å²) in [5.41, 5.74) is 5.73. The van der Waals surface area contributed by atoms with Crippen LogP contribution in [-0.4, -0.2) is 49.2 Å². The number of benzene rings is 1. The van der Waals surface area contributed by atoms with E-state index >= 15 is 0 Å². The Morgan fingerprint density at radius 2 is 1.97 bits per heavy atom. The molecule has 1 aliphatic rings. The molecule has 3 aromatic heterocycles. The number of esters is 1. The van der Waals surface area contributed by atoms with Crippen molar-refractivity contribution < 1.29 is 14.3 Å². The summed E-state index contributed by atoms with van der Waals surface area (Å²) in [6.07, 6.45) is 8.16. The minimum absolute atomic E-state index is 0. The van der Waals surface area contributed by atoms with Gasteiger partial charge in [-0.05, 0) is 49.8 Å². The van der Waals surface area contributed by atoms with Gasteiger partial charge in [0.15, 0.2) is 0 Å². The van der Waals surface area contributed by atoms with E-state index < -0.39 is 5.97 Å². The van der Waals surface area contributed by atoms with Gasteiger partial charge in [0, 0.05) is 6.20 Å². The van der Waals surface area contributed by atoms with Crippen molar-refractivity contribution in [3.63, 3.8) is 0 Å². The molecule has 0 N–H and O–H groups in total. The summed E-state index contributed by atoms with van der Waals surface area (Å²) < 4.78 is 13.9. The standard InChI is InChI=1S/C23H24N6O3.H2S/c1-4-32-22(30)18-11-24-28(13-18)23-26-19-12-25-29(20(19)21(27-23)31-3)14(2)16-9-8-15-6-5-7-17(15)10-16;/h8-14H,4-7H2,1-3H3;1H2/t14-;/m0./s1. The number of rotatable bonds is 6. The van der Waals surface area contributed by atoms with E-state index in [1.54, 1.807) is 20.2 Å². The van der Waals surface area contributed by atoms with Crippen molar-refractivity contribution in [3.8, 4) is 11.8 Å². The molecule has 9 nitrogen and oxygen atoms in total. The van der Waals surface area contributed by atoms with Gasteiger partial charge in [0.2, 0.25) is 5.88 Å². The lowest BCUT2D eigenvalue weighted by molar-refractivity contribution is 0.0526. The molecule has 0 unspecified atom stereocenters. The monoisotopic (exact) mass is 466 g/mol. The van der Waals surface area contributed by atoms with Crippen LogP contribution in [0.5, 0.6) is 5.88 Å². The largest absolute Gasteiger partial charge is 0.479 e. The minimum atomic E-state index is -0.442. The van der Waals surface area contributed by atoms with Gasteiger partial charge in [-0.15, -0.1) is 0 Å². The van der Waals surface area contributed by atoms with Gasteiger partial charge >= 0.3 is 5.97 Å². The predicted molar refractivity (Wildman–Crippen MR) is 128 cm³/mol. The number of carbonyl (C=O) groups is 1. The smallest absolute Gasteiger partial charge is 0.341 e. The molecule has 33 heavy (non-hydrogen) atoms. The number of methoxy groups -OCH3 is 1. The zero-order valence-electron chi connectivity index (χ0n) is 18.8. The molecule has 0 radical (unpaired) electrons. The number of fused-ring (bicyclic) bond motifs is 2. The molecule has 0 saturated heterocycles. The Labute approximate surface area is 198 Å². The third-order valence-corrected chi connectivity index (χ3v) is 5.86. The lowest BCUT2D eigenvalue weighted by atomic mass is 10.0. The molecule has 1 aromatic carbocycles. The number of nitrogens with zero attached hydrogens (tertiary/aromatic N) is 6. The molecular weight excluding hydrogens is 440 g/mol. The van der Waals surface area contributed by atoms with Crippen molar-refractivity contribution in [2.75, 3.05) is 13.7 Å². The van der Waals surface area contributed by atoms with E-state index in [4.69, 9.17) is 9.47 Å². The van der Waals surface area contributed by atoms with Crippen molar-refractivity contribution in [1.29, 1.82) is 0 Å². The average molecular weight is 467 g/mol. The maximum absolute atomic E-state index is 12.0. The number of carbonyl (C=O) groups excluding carboxylic acids is 1. The molecule has 0 spiro atoms. The van der Waals surface area contributed by atoms with Crippen LogP contribution < -0.4 is 4.74 Å². The highest BCUT2D eigenvalue weighted by molar-refractivity contribution is 7.59. The molecule has 0 aliphatic heterocycles. The fourth-order valence-electron chi connectivity index (χ4n) is 4.20. The maximum atomic E-state index is 12.0. The Kier molecular flexibility index (Phi) is 6.37. The lowest BCUT2D eigenvalue weighted by Gasteiger charge is -2.16. The topological polar surface area (TPSA) is 97.0 Å². The molecule has 1 aliphatic carbocycles. The van der Waals surface area contributed by atoms with Crippen molar-refractivity contribution in [3.05, 3.63) is 59.0 Å². The van der Waals surface area contributed by atoms with Gasteiger partial charge in [-0.3, -0.25) is 4.68 Å². The molecule has 10 heteroatoms. The van der Waals surface area contributed by atoms with Crippen molar-refractivity contribution in [2.45, 2.75) is 39.2 Å². The first-order valence-electron chi connectivity index (χ1n) is 10.7. The van der Waals surface area contributed by atoms with Crippen LogP contribution in [0.3, 0.4) is 0 Å². The normalized spacial score (nSPS) is 13.4. The molecule has 1 atom stereocenters. The molecule has 0 amide bonds. The third-order valence-electron chi connectivity index (χ3n) is 5.86. The van der Waals surface area contributed by atoms with Crippen LogP contribution >= 0.6 is 13.5 Å². The fourth-order valence-corrected chi connectivity index (χ4v) is 4.20. The Morgan fingerprint density at radius 3 is 2.76 bits per heavy atom.